The van der Waals surface area contributed by atoms with E-state index in [0.717, 1.165) is 30.4 Å². The summed E-state index contributed by atoms with van der Waals surface area (Å²) in [6.45, 7) is 8.07. The average molecular weight is 483 g/mol. The summed E-state index contributed by atoms with van der Waals surface area (Å²) in [6.07, 6.45) is 2.50. The number of hydrogen-bond acceptors (Lipinski definition) is 5. The van der Waals surface area contributed by atoms with Gasteiger partial charge in [-0.05, 0) is 48.6 Å². The third kappa shape index (κ3) is 5.09. The molecule has 0 saturated carbocycles. The van der Waals surface area contributed by atoms with Crippen molar-refractivity contribution in [2.45, 2.75) is 52.0 Å². The van der Waals surface area contributed by atoms with Crippen LogP contribution in [-0.4, -0.2) is 62.6 Å². The van der Waals surface area contributed by atoms with E-state index in [1.165, 1.54) is 0 Å². The quantitative estimate of drug-likeness (QED) is 0.448. The number of hydrogen-bond donors (Lipinski definition) is 0. The molecule has 7 heteroatoms. The summed E-state index contributed by atoms with van der Waals surface area (Å²) in [5.41, 5.74) is 2.14. The van der Waals surface area contributed by atoms with E-state index in [1.807, 2.05) is 53.1 Å². The average Bonchev–Trinajstić information content (AvgIpc) is 2.88. The second kappa shape index (κ2) is 12.0. The fraction of sp³-hybridized carbons (Fsp3) is 0.500. The lowest BCUT2D eigenvalue weighted by atomic mass is 9.78. The van der Waals surface area contributed by atoms with Crippen LogP contribution in [0.25, 0.3) is 0 Å². The number of nitrogens with zero attached hydrogens (tertiary/aromatic N) is 2. The third-order valence-corrected chi connectivity index (χ3v) is 6.50. The van der Waals surface area contributed by atoms with Gasteiger partial charge in [-0.2, -0.15) is 0 Å². The van der Waals surface area contributed by atoms with Crippen molar-refractivity contribution in [1.29, 1.82) is 0 Å². The molecule has 1 aliphatic rings. The van der Waals surface area contributed by atoms with Gasteiger partial charge in [0.05, 0.1) is 33.3 Å². The fourth-order valence-electron chi connectivity index (χ4n) is 5.06. The van der Waals surface area contributed by atoms with E-state index in [2.05, 4.69) is 13.8 Å². The van der Waals surface area contributed by atoms with Gasteiger partial charge in [0, 0.05) is 25.2 Å². The minimum atomic E-state index is -0.545. The maximum absolute atomic E-state index is 14.2. The molecule has 35 heavy (non-hydrogen) atoms. The van der Waals surface area contributed by atoms with Crippen molar-refractivity contribution in [2.75, 3.05) is 41.0 Å². The van der Waals surface area contributed by atoms with Crippen LogP contribution in [0.15, 0.2) is 36.4 Å². The van der Waals surface area contributed by atoms with E-state index >= 15 is 0 Å². The molecule has 0 bridgehead atoms. The summed E-state index contributed by atoms with van der Waals surface area (Å²) in [6, 6.07) is 10.7. The van der Waals surface area contributed by atoms with Crippen molar-refractivity contribution in [3.63, 3.8) is 0 Å². The first-order valence-corrected chi connectivity index (χ1v) is 12.5. The second-order valence-corrected chi connectivity index (χ2v) is 8.79. The minimum Gasteiger partial charge on any atom is -0.493 e. The topological polar surface area (TPSA) is 68.3 Å². The first kappa shape index (κ1) is 26.4. The number of carbonyl (C=O) groups excluding carboxylic acids is 2. The van der Waals surface area contributed by atoms with Crippen LogP contribution in [0.2, 0.25) is 0 Å². The molecule has 2 amide bonds. The number of carbonyl (C=O) groups is 2. The van der Waals surface area contributed by atoms with E-state index < -0.39 is 12.0 Å². The van der Waals surface area contributed by atoms with Gasteiger partial charge in [0.15, 0.2) is 11.5 Å². The zero-order valence-corrected chi connectivity index (χ0v) is 21.8. The van der Waals surface area contributed by atoms with Crippen LogP contribution in [0.1, 0.15) is 73.5 Å². The van der Waals surface area contributed by atoms with Crippen molar-refractivity contribution in [1.82, 2.24) is 9.80 Å². The molecule has 2 aromatic carbocycles. The third-order valence-electron chi connectivity index (χ3n) is 6.50. The summed E-state index contributed by atoms with van der Waals surface area (Å²) in [4.78, 5) is 31.7. The standard InChI is InChI=1S/C28H38N2O5/c1-7-14-29(15-8-2)28(32)24-20-12-10-11-13-21(20)27(31)30(16-9-3)25(24)19-17-22(33-4)26(35-6)23(18-19)34-5/h10-13,17-18,24-25H,7-9,14-16H2,1-6H3. The van der Waals surface area contributed by atoms with Crippen molar-refractivity contribution in [3.05, 3.63) is 53.1 Å². The number of methoxy groups -OCH3 is 3. The van der Waals surface area contributed by atoms with Crippen LogP contribution >= 0.6 is 0 Å². The number of ether oxygens (including phenoxy) is 3. The van der Waals surface area contributed by atoms with Crippen molar-refractivity contribution < 1.29 is 23.8 Å². The second-order valence-electron chi connectivity index (χ2n) is 8.79. The molecule has 1 aliphatic heterocycles. The molecule has 2 atom stereocenters. The van der Waals surface area contributed by atoms with Gasteiger partial charge >= 0.3 is 0 Å². The zero-order chi connectivity index (χ0) is 25.5. The molecule has 0 N–H and O–H groups in total. The SMILES string of the molecule is CCCN(CCC)C(=O)C1c2ccccc2C(=O)N(CCC)C1c1cc(OC)c(OC)c(OC)c1. The summed E-state index contributed by atoms with van der Waals surface area (Å²) < 4.78 is 16.8. The van der Waals surface area contributed by atoms with E-state index in [0.29, 0.717) is 42.4 Å². The Morgan fingerprint density at radius 1 is 0.914 bits per heavy atom. The summed E-state index contributed by atoms with van der Waals surface area (Å²) in [7, 11) is 4.70. The normalized spacial score (nSPS) is 17.1. The predicted octanol–water partition coefficient (Wildman–Crippen LogP) is 5.05. The Hall–Kier alpha value is -3.22. The number of benzene rings is 2. The van der Waals surface area contributed by atoms with Gasteiger partial charge in [0.25, 0.3) is 5.91 Å². The number of amides is 2. The van der Waals surface area contributed by atoms with Crippen LogP contribution in [0.4, 0.5) is 0 Å². The highest BCUT2D eigenvalue weighted by atomic mass is 16.5. The van der Waals surface area contributed by atoms with Gasteiger partial charge < -0.3 is 24.0 Å². The molecule has 3 rings (SSSR count). The van der Waals surface area contributed by atoms with Crippen LogP contribution in [-0.2, 0) is 4.79 Å². The summed E-state index contributed by atoms with van der Waals surface area (Å²) >= 11 is 0. The van der Waals surface area contributed by atoms with Crippen LogP contribution in [0.3, 0.4) is 0 Å². The highest BCUT2D eigenvalue weighted by Gasteiger charge is 2.45. The smallest absolute Gasteiger partial charge is 0.254 e. The minimum absolute atomic E-state index is 0.0357. The molecule has 0 aromatic heterocycles. The molecule has 1 heterocycles. The van der Waals surface area contributed by atoms with Crippen LogP contribution < -0.4 is 14.2 Å². The van der Waals surface area contributed by atoms with Crippen LogP contribution in [0.5, 0.6) is 17.2 Å². The van der Waals surface area contributed by atoms with Gasteiger partial charge in [-0.3, -0.25) is 9.59 Å². The maximum atomic E-state index is 14.2. The molecular weight excluding hydrogens is 444 g/mol. The van der Waals surface area contributed by atoms with Gasteiger partial charge in [0.2, 0.25) is 11.7 Å². The molecule has 7 nitrogen and oxygen atoms in total. The lowest BCUT2D eigenvalue weighted by Gasteiger charge is -2.43. The highest BCUT2D eigenvalue weighted by molar-refractivity contribution is 6.01. The van der Waals surface area contributed by atoms with Gasteiger partial charge in [0.1, 0.15) is 0 Å². The lowest BCUT2D eigenvalue weighted by molar-refractivity contribution is -0.134. The molecule has 190 valence electrons. The number of fused-ring (bicyclic) bond motifs is 1. The Labute approximate surface area is 209 Å². The van der Waals surface area contributed by atoms with Gasteiger partial charge in [-0.25, -0.2) is 0 Å². The largest absolute Gasteiger partial charge is 0.493 e. The van der Waals surface area contributed by atoms with E-state index in [9.17, 15) is 9.59 Å². The maximum Gasteiger partial charge on any atom is 0.254 e. The monoisotopic (exact) mass is 482 g/mol. The van der Waals surface area contributed by atoms with E-state index in [1.54, 1.807) is 21.3 Å². The lowest BCUT2D eigenvalue weighted by Crippen LogP contribution is -2.49. The Morgan fingerprint density at radius 2 is 1.51 bits per heavy atom. The van der Waals surface area contributed by atoms with Gasteiger partial charge in [-0.15, -0.1) is 0 Å². The predicted molar refractivity (Wildman–Crippen MR) is 137 cm³/mol. The summed E-state index contributed by atoms with van der Waals surface area (Å²) in [5.74, 6) is 0.891. The molecule has 2 unspecified atom stereocenters. The first-order chi connectivity index (χ1) is 17.0. The molecule has 0 fully saturated rings. The van der Waals surface area contributed by atoms with Crippen LogP contribution in [0, 0.1) is 0 Å². The molecule has 0 saturated heterocycles. The molecular formula is C28H38N2O5. The Morgan fingerprint density at radius 3 is 2.03 bits per heavy atom. The first-order valence-electron chi connectivity index (χ1n) is 12.5. The van der Waals surface area contributed by atoms with Crippen molar-refractivity contribution >= 4 is 11.8 Å². The summed E-state index contributed by atoms with van der Waals surface area (Å²) in [5, 5.41) is 0. The Bertz CT molecular complexity index is 1010. The molecule has 2 aromatic rings. The molecule has 0 radical (unpaired) electrons. The Balaban J connectivity index is 2.29. The molecule has 0 aliphatic carbocycles. The van der Waals surface area contributed by atoms with Gasteiger partial charge in [-0.1, -0.05) is 39.0 Å². The highest BCUT2D eigenvalue weighted by Crippen LogP contribution is 2.48. The van der Waals surface area contributed by atoms with Crippen molar-refractivity contribution in [3.8, 4) is 17.2 Å². The Kier molecular flexibility index (Phi) is 9.01. The van der Waals surface area contributed by atoms with Crippen molar-refractivity contribution in [2.24, 2.45) is 0 Å². The van der Waals surface area contributed by atoms with E-state index in [-0.39, 0.29) is 11.8 Å². The number of rotatable bonds is 11. The molecule has 0 spiro atoms. The fourth-order valence-corrected chi connectivity index (χ4v) is 5.06. The van der Waals surface area contributed by atoms with E-state index in [4.69, 9.17) is 14.2 Å². The zero-order valence-electron chi connectivity index (χ0n) is 21.8.